The molecule has 13 heteroatoms. The van der Waals surface area contributed by atoms with E-state index in [4.69, 9.17) is 9.29 Å². The number of halogens is 5. The first kappa shape index (κ1) is 26.9. The van der Waals surface area contributed by atoms with Crippen molar-refractivity contribution < 1.29 is 40.8 Å². The van der Waals surface area contributed by atoms with E-state index in [-0.39, 0.29) is 12.8 Å². The second-order valence-electron chi connectivity index (χ2n) is 7.23. The summed E-state index contributed by atoms with van der Waals surface area (Å²) in [5, 5.41) is -4.67. The van der Waals surface area contributed by atoms with Crippen LogP contribution in [0.15, 0.2) is 36.4 Å². The van der Waals surface area contributed by atoms with Crippen molar-refractivity contribution in [2.45, 2.75) is 18.1 Å². The molecule has 1 aliphatic carbocycles. The van der Waals surface area contributed by atoms with Crippen molar-refractivity contribution in [3.8, 4) is 5.75 Å². The van der Waals surface area contributed by atoms with E-state index < -0.39 is 45.8 Å². The highest BCUT2D eigenvalue weighted by Crippen LogP contribution is 2.35. The Bertz CT molecular complexity index is 1180. The number of benzene rings is 2. The van der Waals surface area contributed by atoms with Gasteiger partial charge in [-0.3, -0.25) is 14.1 Å². The third-order valence-corrected chi connectivity index (χ3v) is 8.11. The van der Waals surface area contributed by atoms with E-state index >= 15 is 0 Å². The van der Waals surface area contributed by atoms with Gasteiger partial charge in [-0.05, 0) is 104 Å². The lowest BCUT2D eigenvalue weighted by Crippen LogP contribution is -2.42. The minimum absolute atomic E-state index is 0.0209. The Labute approximate surface area is 229 Å². The second kappa shape index (κ2) is 10.5. The molecule has 3 rings (SSSR count). The lowest BCUT2D eigenvalue weighted by atomic mass is 9.76. The predicted octanol–water partition coefficient (Wildman–Crippen LogP) is 4.46. The van der Waals surface area contributed by atoms with Gasteiger partial charge in [0.15, 0.2) is 12.4 Å². The van der Waals surface area contributed by atoms with Crippen molar-refractivity contribution in [3.63, 3.8) is 0 Å². The number of esters is 2. The van der Waals surface area contributed by atoms with Crippen LogP contribution in [0.5, 0.6) is 5.75 Å². The van der Waals surface area contributed by atoms with Crippen molar-refractivity contribution in [2.75, 3.05) is 6.61 Å². The largest absolute Gasteiger partial charge is 0.458 e. The van der Waals surface area contributed by atoms with Crippen LogP contribution in [-0.4, -0.2) is 36.8 Å². The maximum absolute atomic E-state index is 13.6. The standard InChI is InChI=1S/C20H15F2I3O7S/c21-20(22,33(28,29)30)9-31-18(26)13-5-10-3-1-2-4-11(10)6-14(13)19(27)32-17-15(24)7-12(23)8-16(17)25/h1-4,7-8,13-14H,5-6,9H2,(H,28,29,30). The van der Waals surface area contributed by atoms with E-state index in [0.717, 1.165) is 14.7 Å². The first-order valence-electron chi connectivity index (χ1n) is 9.24. The van der Waals surface area contributed by atoms with Gasteiger partial charge >= 0.3 is 27.3 Å². The fourth-order valence-corrected chi connectivity index (χ4v) is 7.36. The van der Waals surface area contributed by atoms with Crippen LogP contribution in [-0.2, 0) is 37.3 Å². The van der Waals surface area contributed by atoms with E-state index in [1.54, 1.807) is 24.3 Å². The van der Waals surface area contributed by atoms with Crippen molar-refractivity contribution in [3.05, 3.63) is 58.2 Å². The van der Waals surface area contributed by atoms with E-state index in [2.05, 4.69) is 27.3 Å². The summed E-state index contributed by atoms with van der Waals surface area (Å²) >= 11 is 6.17. The highest BCUT2D eigenvalue weighted by atomic mass is 127. The molecule has 0 amide bonds. The Morgan fingerprint density at radius 3 is 1.97 bits per heavy atom. The average molecular weight is 818 g/mol. The van der Waals surface area contributed by atoms with Gasteiger partial charge in [0, 0.05) is 3.57 Å². The normalized spacial score (nSPS) is 18.4. The number of hydrogen-bond acceptors (Lipinski definition) is 6. The van der Waals surface area contributed by atoms with E-state index in [0.29, 0.717) is 12.9 Å². The smallest absolute Gasteiger partial charge is 0.402 e. The molecule has 7 nitrogen and oxygen atoms in total. The second-order valence-corrected chi connectivity index (χ2v) is 12.3. The van der Waals surface area contributed by atoms with E-state index in [1.165, 1.54) is 0 Å². The van der Waals surface area contributed by atoms with Crippen LogP contribution in [0.2, 0.25) is 0 Å². The number of carbonyl (C=O) groups is 2. The number of rotatable bonds is 6. The number of hydrogen-bond donors (Lipinski definition) is 1. The minimum atomic E-state index is -5.77. The maximum Gasteiger partial charge on any atom is 0.402 e. The topological polar surface area (TPSA) is 107 Å². The van der Waals surface area contributed by atoms with Gasteiger partial charge in [0.25, 0.3) is 0 Å². The Hall–Kier alpha value is -0.660. The Balaban J connectivity index is 1.87. The van der Waals surface area contributed by atoms with Crippen LogP contribution in [0, 0.1) is 22.5 Å². The van der Waals surface area contributed by atoms with Gasteiger partial charge in [-0.1, -0.05) is 24.3 Å². The van der Waals surface area contributed by atoms with E-state index in [1.807, 2.05) is 57.3 Å². The highest BCUT2D eigenvalue weighted by molar-refractivity contribution is 14.1. The molecule has 0 aromatic heterocycles. The monoisotopic (exact) mass is 818 g/mol. The molecule has 2 aromatic carbocycles. The number of alkyl halides is 2. The molecule has 2 aromatic rings. The fraction of sp³-hybridized carbons (Fsp3) is 0.300. The lowest BCUT2D eigenvalue weighted by molar-refractivity contribution is -0.161. The molecule has 0 bridgehead atoms. The number of ether oxygens (including phenoxy) is 2. The number of carbonyl (C=O) groups excluding carboxylic acids is 2. The molecule has 2 unspecified atom stereocenters. The van der Waals surface area contributed by atoms with Crippen LogP contribution in [0.1, 0.15) is 11.1 Å². The molecule has 0 saturated heterocycles. The lowest BCUT2D eigenvalue weighted by Gasteiger charge is -2.30. The van der Waals surface area contributed by atoms with Gasteiger partial charge in [-0.15, -0.1) is 0 Å². The third-order valence-electron chi connectivity index (χ3n) is 5.01. The zero-order valence-electron chi connectivity index (χ0n) is 16.4. The summed E-state index contributed by atoms with van der Waals surface area (Å²) in [6.45, 7) is -1.86. The predicted molar refractivity (Wildman–Crippen MR) is 139 cm³/mol. The first-order chi connectivity index (χ1) is 15.3. The zero-order valence-corrected chi connectivity index (χ0v) is 23.7. The fourth-order valence-electron chi connectivity index (χ4n) is 3.35. The Morgan fingerprint density at radius 1 is 1.00 bits per heavy atom. The van der Waals surface area contributed by atoms with Gasteiger partial charge in [0.05, 0.1) is 19.0 Å². The van der Waals surface area contributed by atoms with Gasteiger partial charge in [-0.2, -0.15) is 17.2 Å². The van der Waals surface area contributed by atoms with Gasteiger partial charge in [-0.25, -0.2) is 0 Å². The Morgan fingerprint density at radius 2 is 1.48 bits per heavy atom. The molecule has 33 heavy (non-hydrogen) atoms. The Kier molecular flexibility index (Phi) is 8.60. The molecule has 1 N–H and O–H groups in total. The molecule has 0 spiro atoms. The molecule has 1 aliphatic rings. The summed E-state index contributed by atoms with van der Waals surface area (Å²) in [4.78, 5) is 25.8. The van der Waals surface area contributed by atoms with Gasteiger partial charge < -0.3 is 9.47 Å². The summed E-state index contributed by atoms with van der Waals surface area (Å²) in [6.07, 6.45) is 0.133. The average Bonchev–Trinajstić information content (AvgIpc) is 2.72. The molecule has 0 heterocycles. The first-order valence-corrected chi connectivity index (χ1v) is 13.9. The van der Waals surface area contributed by atoms with Crippen molar-refractivity contribution >= 4 is 89.8 Å². The molecular weight excluding hydrogens is 803 g/mol. The zero-order chi connectivity index (χ0) is 24.6. The van der Waals surface area contributed by atoms with Crippen LogP contribution in [0.4, 0.5) is 8.78 Å². The summed E-state index contributed by atoms with van der Waals surface area (Å²) < 4.78 is 69.8. The molecule has 178 valence electrons. The van der Waals surface area contributed by atoms with Crippen LogP contribution in [0.25, 0.3) is 0 Å². The van der Waals surface area contributed by atoms with Gasteiger partial charge in [0.2, 0.25) is 0 Å². The molecular formula is C20H15F2I3O7S. The summed E-state index contributed by atoms with van der Waals surface area (Å²) in [5.74, 6) is -3.81. The molecule has 0 radical (unpaired) electrons. The molecule has 0 aliphatic heterocycles. The van der Waals surface area contributed by atoms with Crippen LogP contribution in [0.3, 0.4) is 0 Å². The SMILES string of the molecule is O=C(OCC(F)(F)S(=O)(=O)O)C1Cc2ccccc2CC1C(=O)Oc1c(I)cc(I)cc1I. The van der Waals surface area contributed by atoms with Crippen molar-refractivity contribution in [2.24, 2.45) is 11.8 Å². The van der Waals surface area contributed by atoms with Gasteiger partial charge in [0.1, 0.15) is 0 Å². The van der Waals surface area contributed by atoms with E-state index in [9.17, 15) is 26.8 Å². The quantitative estimate of drug-likeness (QED) is 0.199. The molecule has 0 fully saturated rings. The summed E-state index contributed by atoms with van der Waals surface area (Å²) in [6, 6.07) is 10.7. The summed E-state index contributed by atoms with van der Waals surface area (Å²) in [7, 11) is -5.77. The molecule has 0 saturated carbocycles. The molecule has 2 atom stereocenters. The highest BCUT2D eigenvalue weighted by Gasteiger charge is 2.47. The van der Waals surface area contributed by atoms with Crippen LogP contribution < -0.4 is 4.74 Å². The maximum atomic E-state index is 13.6. The van der Waals surface area contributed by atoms with Crippen molar-refractivity contribution in [1.29, 1.82) is 0 Å². The summed E-state index contributed by atoms with van der Waals surface area (Å²) in [5.41, 5.74) is 1.54. The third kappa shape index (κ3) is 6.32. The van der Waals surface area contributed by atoms with Crippen molar-refractivity contribution in [1.82, 2.24) is 0 Å². The number of fused-ring (bicyclic) bond motifs is 1. The minimum Gasteiger partial charge on any atom is -0.458 e. The van der Waals surface area contributed by atoms with Crippen LogP contribution >= 0.6 is 67.8 Å².